The van der Waals surface area contributed by atoms with E-state index in [0.717, 1.165) is 44.0 Å². The van der Waals surface area contributed by atoms with Crippen LogP contribution in [0.25, 0.3) is 0 Å². The number of nitrogens with zero attached hydrogens (tertiary/aromatic N) is 4. The molecule has 0 spiro atoms. The molecule has 0 radical (unpaired) electrons. The molecule has 1 aromatic heterocycles. The molecule has 0 atom stereocenters. The molecule has 122 valence electrons. The van der Waals surface area contributed by atoms with Crippen LogP contribution in [0.4, 0.5) is 0 Å². The van der Waals surface area contributed by atoms with Gasteiger partial charge < -0.3 is 4.90 Å². The topological polar surface area (TPSA) is 41.4 Å². The van der Waals surface area contributed by atoms with Crippen molar-refractivity contribution < 1.29 is 4.79 Å². The first-order valence-corrected chi connectivity index (χ1v) is 8.10. The highest BCUT2D eigenvalue weighted by Crippen LogP contribution is 2.14. The van der Waals surface area contributed by atoms with E-state index in [0.29, 0.717) is 0 Å². The molecule has 1 aromatic carbocycles. The van der Waals surface area contributed by atoms with Crippen LogP contribution in [-0.4, -0.2) is 51.7 Å². The lowest BCUT2D eigenvalue weighted by Gasteiger charge is -2.34. The van der Waals surface area contributed by atoms with Gasteiger partial charge in [-0.3, -0.25) is 14.4 Å². The Morgan fingerprint density at radius 2 is 1.91 bits per heavy atom. The van der Waals surface area contributed by atoms with Crippen LogP contribution >= 0.6 is 0 Å². The maximum absolute atomic E-state index is 12.6. The van der Waals surface area contributed by atoms with Crippen LogP contribution in [-0.2, 0) is 13.6 Å². The van der Waals surface area contributed by atoms with Crippen molar-refractivity contribution >= 4 is 5.91 Å². The maximum atomic E-state index is 12.6. The molecule has 0 saturated carbocycles. The molecule has 23 heavy (non-hydrogen) atoms. The third-order valence-corrected chi connectivity index (χ3v) is 4.39. The monoisotopic (exact) mass is 312 g/mol. The second-order valence-electron chi connectivity index (χ2n) is 6.36. The Hall–Kier alpha value is -2.14. The minimum atomic E-state index is 0.103. The number of carbonyl (C=O) groups excluding carboxylic acids is 1. The third kappa shape index (κ3) is 3.62. The molecule has 1 saturated heterocycles. The van der Waals surface area contributed by atoms with E-state index in [-0.39, 0.29) is 5.91 Å². The summed E-state index contributed by atoms with van der Waals surface area (Å²) in [4.78, 5) is 17.0. The van der Waals surface area contributed by atoms with Gasteiger partial charge in [-0.1, -0.05) is 29.8 Å². The highest BCUT2D eigenvalue weighted by Gasteiger charge is 2.24. The lowest BCUT2D eigenvalue weighted by molar-refractivity contribution is 0.0627. The Morgan fingerprint density at radius 1 is 1.17 bits per heavy atom. The molecule has 0 N–H and O–H groups in total. The summed E-state index contributed by atoms with van der Waals surface area (Å²) >= 11 is 0. The highest BCUT2D eigenvalue weighted by atomic mass is 16.2. The second kappa shape index (κ2) is 6.54. The zero-order valence-corrected chi connectivity index (χ0v) is 14.1. The lowest BCUT2D eigenvalue weighted by atomic mass is 10.1. The average Bonchev–Trinajstić information content (AvgIpc) is 2.86. The van der Waals surface area contributed by atoms with Crippen molar-refractivity contribution in [3.05, 3.63) is 52.8 Å². The zero-order chi connectivity index (χ0) is 16.4. The standard InChI is InChI=1S/C18H24N4O/c1-14-5-4-6-16(11-14)12-21-7-9-22(10-8-21)18(23)17-13-20(3)19-15(17)2/h4-6,11,13H,7-10,12H2,1-3H3. The van der Waals surface area contributed by atoms with Gasteiger partial charge in [-0.2, -0.15) is 5.10 Å². The van der Waals surface area contributed by atoms with Gasteiger partial charge in [-0.15, -0.1) is 0 Å². The fourth-order valence-corrected chi connectivity index (χ4v) is 3.16. The van der Waals surface area contributed by atoms with Crippen molar-refractivity contribution in [1.29, 1.82) is 0 Å². The van der Waals surface area contributed by atoms with Gasteiger partial charge >= 0.3 is 0 Å². The number of hydrogen-bond acceptors (Lipinski definition) is 3. The second-order valence-corrected chi connectivity index (χ2v) is 6.36. The Kier molecular flexibility index (Phi) is 4.48. The van der Waals surface area contributed by atoms with Crippen LogP contribution in [0, 0.1) is 13.8 Å². The Labute approximate surface area is 137 Å². The number of amides is 1. The number of carbonyl (C=O) groups is 1. The fraction of sp³-hybridized carbons (Fsp3) is 0.444. The van der Waals surface area contributed by atoms with Gasteiger partial charge in [0.05, 0.1) is 11.3 Å². The Morgan fingerprint density at radius 3 is 2.52 bits per heavy atom. The van der Waals surface area contributed by atoms with Crippen molar-refractivity contribution in [2.45, 2.75) is 20.4 Å². The third-order valence-electron chi connectivity index (χ3n) is 4.39. The molecule has 0 aliphatic carbocycles. The van der Waals surface area contributed by atoms with E-state index >= 15 is 0 Å². The van der Waals surface area contributed by atoms with Crippen molar-refractivity contribution in [3.63, 3.8) is 0 Å². The highest BCUT2D eigenvalue weighted by molar-refractivity contribution is 5.95. The van der Waals surface area contributed by atoms with Crippen LogP contribution in [0.3, 0.4) is 0 Å². The Balaban J connectivity index is 1.58. The summed E-state index contributed by atoms with van der Waals surface area (Å²) in [6, 6.07) is 8.63. The van der Waals surface area contributed by atoms with Gasteiger partial charge in [-0.05, 0) is 19.4 Å². The molecule has 2 heterocycles. The zero-order valence-electron chi connectivity index (χ0n) is 14.1. The summed E-state index contributed by atoms with van der Waals surface area (Å²) in [5.74, 6) is 0.103. The van der Waals surface area contributed by atoms with E-state index < -0.39 is 0 Å². The van der Waals surface area contributed by atoms with Gasteiger partial charge in [0.25, 0.3) is 5.91 Å². The molecule has 5 heteroatoms. The van der Waals surface area contributed by atoms with E-state index in [4.69, 9.17) is 0 Å². The van der Waals surface area contributed by atoms with Crippen molar-refractivity contribution in [2.75, 3.05) is 26.2 Å². The normalized spacial score (nSPS) is 15.9. The van der Waals surface area contributed by atoms with E-state index in [1.807, 2.05) is 25.1 Å². The van der Waals surface area contributed by atoms with Crippen LogP contribution in [0.2, 0.25) is 0 Å². The van der Waals surface area contributed by atoms with Crippen LogP contribution in [0.5, 0.6) is 0 Å². The summed E-state index contributed by atoms with van der Waals surface area (Å²) in [5, 5.41) is 4.26. The van der Waals surface area contributed by atoms with Gasteiger partial charge in [0, 0.05) is 46.0 Å². The molecule has 2 aromatic rings. The molecule has 0 bridgehead atoms. The largest absolute Gasteiger partial charge is 0.336 e. The van der Waals surface area contributed by atoms with Crippen molar-refractivity contribution in [3.8, 4) is 0 Å². The molecule has 0 unspecified atom stereocenters. The summed E-state index contributed by atoms with van der Waals surface area (Å²) in [5.41, 5.74) is 4.16. The van der Waals surface area contributed by atoms with E-state index in [9.17, 15) is 4.79 Å². The van der Waals surface area contributed by atoms with E-state index in [1.165, 1.54) is 11.1 Å². The predicted octanol–water partition coefficient (Wildman–Crippen LogP) is 1.99. The first-order valence-electron chi connectivity index (χ1n) is 8.10. The van der Waals surface area contributed by atoms with Crippen molar-refractivity contribution in [1.82, 2.24) is 19.6 Å². The quantitative estimate of drug-likeness (QED) is 0.870. The van der Waals surface area contributed by atoms with Gasteiger partial charge in [0.15, 0.2) is 0 Å². The van der Waals surface area contributed by atoms with Gasteiger partial charge in [-0.25, -0.2) is 0 Å². The Bertz CT molecular complexity index is 699. The van der Waals surface area contributed by atoms with Crippen LogP contribution < -0.4 is 0 Å². The molecule has 1 amide bonds. The average molecular weight is 312 g/mol. The number of hydrogen-bond donors (Lipinski definition) is 0. The molecule has 1 aliphatic heterocycles. The SMILES string of the molecule is Cc1cccc(CN2CCN(C(=O)c3cn(C)nc3C)CC2)c1. The van der Waals surface area contributed by atoms with Crippen molar-refractivity contribution in [2.24, 2.45) is 7.05 Å². The van der Waals surface area contributed by atoms with E-state index in [1.54, 1.807) is 4.68 Å². The van der Waals surface area contributed by atoms with Gasteiger partial charge in [0.1, 0.15) is 0 Å². The fourth-order valence-electron chi connectivity index (χ4n) is 3.16. The first-order chi connectivity index (χ1) is 11.0. The minimum absolute atomic E-state index is 0.103. The first kappa shape index (κ1) is 15.7. The lowest BCUT2D eigenvalue weighted by Crippen LogP contribution is -2.48. The number of benzene rings is 1. The predicted molar refractivity (Wildman–Crippen MR) is 90.3 cm³/mol. The number of rotatable bonds is 3. The smallest absolute Gasteiger partial charge is 0.257 e. The molecule has 1 aliphatic rings. The molecular weight excluding hydrogens is 288 g/mol. The molecule has 5 nitrogen and oxygen atoms in total. The summed E-state index contributed by atoms with van der Waals surface area (Å²) in [6.07, 6.45) is 1.82. The molecular formula is C18H24N4O. The van der Waals surface area contributed by atoms with Crippen LogP contribution in [0.1, 0.15) is 27.2 Å². The summed E-state index contributed by atoms with van der Waals surface area (Å²) in [6.45, 7) is 8.35. The summed E-state index contributed by atoms with van der Waals surface area (Å²) in [7, 11) is 1.85. The molecule has 3 rings (SSSR count). The number of aromatic nitrogens is 2. The van der Waals surface area contributed by atoms with Crippen LogP contribution in [0.15, 0.2) is 30.5 Å². The molecule has 1 fully saturated rings. The number of aryl methyl sites for hydroxylation is 3. The minimum Gasteiger partial charge on any atom is -0.336 e. The van der Waals surface area contributed by atoms with E-state index in [2.05, 4.69) is 41.2 Å². The number of piperazine rings is 1. The summed E-state index contributed by atoms with van der Waals surface area (Å²) < 4.78 is 1.70. The maximum Gasteiger partial charge on any atom is 0.257 e. The van der Waals surface area contributed by atoms with Gasteiger partial charge in [0.2, 0.25) is 0 Å².